The summed E-state index contributed by atoms with van der Waals surface area (Å²) in [6.07, 6.45) is 3.26. The van der Waals surface area contributed by atoms with E-state index in [0.29, 0.717) is 5.56 Å². The topological polar surface area (TPSA) is 41.6 Å². The van der Waals surface area contributed by atoms with Crippen molar-refractivity contribution >= 4 is 15.9 Å². The Kier molecular flexibility index (Phi) is 2.57. The standard InChI is InChI=1S/C11H8BrN3/c1-8-4-10(2-3-11(8)12)15-7-9(5-13)6-14-15/h2-4,6-7H,1H3. The van der Waals surface area contributed by atoms with E-state index in [2.05, 4.69) is 27.1 Å². The van der Waals surface area contributed by atoms with Crippen LogP contribution in [-0.2, 0) is 0 Å². The summed E-state index contributed by atoms with van der Waals surface area (Å²) < 4.78 is 2.76. The molecular formula is C11H8BrN3. The lowest BCUT2D eigenvalue weighted by molar-refractivity contribution is 0.878. The predicted octanol–water partition coefficient (Wildman–Crippen LogP) is 2.81. The molecule has 0 radical (unpaired) electrons. The molecule has 0 aliphatic rings. The molecule has 0 saturated carbocycles. The zero-order chi connectivity index (χ0) is 10.8. The molecule has 0 aliphatic carbocycles. The highest BCUT2D eigenvalue weighted by molar-refractivity contribution is 9.10. The second kappa shape index (κ2) is 3.87. The maximum Gasteiger partial charge on any atom is 0.102 e. The molecule has 4 heteroatoms. The Balaban J connectivity index is 2.46. The molecule has 0 atom stereocenters. The zero-order valence-electron chi connectivity index (χ0n) is 8.11. The first-order valence-corrected chi connectivity index (χ1v) is 5.21. The van der Waals surface area contributed by atoms with Crippen molar-refractivity contribution < 1.29 is 0 Å². The van der Waals surface area contributed by atoms with Gasteiger partial charge in [0, 0.05) is 10.7 Å². The molecule has 0 N–H and O–H groups in total. The lowest BCUT2D eigenvalue weighted by Gasteiger charge is -2.03. The minimum atomic E-state index is 0.565. The Labute approximate surface area is 96.1 Å². The summed E-state index contributed by atoms with van der Waals surface area (Å²) in [5, 5.41) is 12.8. The van der Waals surface area contributed by atoms with E-state index in [4.69, 9.17) is 5.26 Å². The first-order valence-electron chi connectivity index (χ1n) is 4.42. The van der Waals surface area contributed by atoms with E-state index >= 15 is 0 Å². The molecule has 0 spiro atoms. The summed E-state index contributed by atoms with van der Waals surface area (Å²) in [5.74, 6) is 0. The van der Waals surface area contributed by atoms with Crippen LogP contribution in [0.5, 0.6) is 0 Å². The number of hydrogen-bond donors (Lipinski definition) is 0. The van der Waals surface area contributed by atoms with Gasteiger partial charge in [-0.25, -0.2) is 4.68 Å². The van der Waals surface area contributed by atoms with E-state index in [1.807, 2.05) is 25.1 Å². The third kappa shape index (κ3) is 1.92. The van der Waals surface area contributed by atoms with Crippen molar-refractivity contribution in [2.45, 2.75) is 6.92 Å². The number of halogens is 1. The molecule has 0 bridgehead atoms. The molecular weight excluding hydrogens is 254 g/mol. The van der Waals surface area contributed by atoms with E-state index in [9.17, 15) is 0 Å². The van der Waals surface area contributed by atoms with Crippen molar-refractivity contribution in [3.05, 3.63) is 46.2 Å². The van der Waals surface area contributed by atoms with Gasteiger partial charge in [-0.1, -0.05) is 15.9 Å². The Morgan fingerprint density at radius 1 is 1.47 bits per heavy atom. The molecule has 3 nitrogen and oxygen atoms in total. The maximum absolute atomic E-state index is 8.69. The minimum absolute atomic E-state index is 0.565. The highest BCUT2D eigenvalue weighted by Crippen LogP contribution is 2.19. The smallest absolute Gasteiger partial charge is 0.102 e. The van der Waals surface area contributed by atoms with Gasteiger partial charge in [0.2, 0.25) is 0 Å². The fourth-order valence-corrected chi connectivity index (χ4v) is 1.54. The molecule has 0 unspecified atom stereocenters. The van der Waals surface area contributed by atoms with Crippen LogP contribution < -0.4 is 0 Å². The Hall–Kier alpha value is -1.60. The molecule has 0 saturated heterocycles. The third-order valence-electron chi connectivity index (χ3n) is 2.12. The molecule has 1 aromatic carbocycles. The van der Waals surface area contributed by atoms with Crippen LogP contribution in [0.4, 0.5) is 0 Å². The van der Waals surface area contributed by atoms with Crippen molar-refractivity contribution in [3.8, 4) is 11.8 Å². The average Bonchev–Trinajstić information content (AvgIpc) is 2.70. The summed E-state index contributed by atoms with van der Waals surface area (Å²) in [5.41, 5.74) is 2.66. The Morgan fingerprint density at radius 3 is 2.87 bits per heavy atom. The molecule has 2 aromatic rings. The molecule has 1 heterocycles. The molecule has 1 aromatic heterocycles. The SMILES string of the molecule is Cc1cc(-n2cc(C#N)cn2)ccc1Br. The number of hydrogen-bond acceptors (Lipinski definition) is 2. The van der Waals surface area contributed by atoms with Gasteiger partial charge in [-0.2, -0.15) is 10.4 Å². The van der Waals surface area contributed by atoms with Crippen molar-refractivity contribution in [2.24, 2.45) is 0 Å². The molecule has 2 rings (SSSR count). The molecule has 15 heavy (non-hydrogen) atoms. The van der Waals surface area contributed by atoms with E-state index in [1.54, 1.807) is 17.1 Å². The van der Waals surface area contributed by atoms with Gasteiger partial charge in [0.05, 0.1) is 17.4 Å². The van der Waals surface area contributed by atoms with Crippen LogP contribution in [0.15, 0.2) is 35.1 Å². The van der Waals surface area contributed by atoms with Gasteiger partial charge in [0.25, 0.3) is 0 Å². The number of benzene rings is 1. The molecule has 0 aliphatic heterocycles. The van der Waals surface area contributed by atoms with Gasteiger partial charge in [-0.15, -0.1) is 0 Å². The fourth-order valence-electron chi connectivity index (χ4n) is 1.29. The summed E-state index contributed by atoms with van der Waals surface area (Å²) >= 11 is 3.44. The lowest BCUT2D eigenvalue weighted by Crippen LogP contribution is -1.94. The van der Waals surface area contributed by atoms with Gasteiger partial charge < -0.3 is 0 Å². The number of rotatable bonds is 1. The van der Waals surface area contributed by atoms with Crippen molar-refractivity contribution in [1.82, 2.24) is 9.78 Å². The van der Waals surface area contributed by atoms with Crippen LogP contribution in [0.3, 0.4) is 0 Å². The molecule has 0 fully saturated rings. The predicted molar refractivity (Wildman–Crippen MR) is 60.7 cm³/mol. The largest absolute Gasteiger partial charge is 0.240 e. The number of nitrogens with zero attached hydrogens (tertiary/aromatic N) is 3. The molecule has 74 valence electrons. The van der Waals surface area contributed by atoms with Gasteiger partial charge in [-0.3, -0.25) is 0 Å². The fraction of sp³-hybridized carbons (Fsp3) is 0.0909. The van der Waals surface area contributed by atoms with E-state index in [1.165, 1.54) is 0 Å². The summed E-state index contributed by atoms with van der Waals surface area (Å²) in [7, 11) is 0. The van der Waals surface area contributed by atoms with E-state index < -0.39 is 0 Å². The first kappa shape index (κ1) is 9.94. The summed E-state index contributed by atoms with van der Waals surface area (Å²) in [6.45, 7) is 2.02. The quantitative estimate of drug-likeness (QED) is 0.792. The van der Waals surface area contributed by atoms with Gasteiger partial charge in [0.1, 0.15) is 6.07 Å². The zero-order valence-corrected chi connectivity index (χ0v) is 9.69. The number of nitriles is 1. The Morgan fingerprint density at radius 2 is 2.27 bits per heavy atom. The van der Waals surface area contributed by atoms with Crippen LogP contribution in [-0.4, -0.2) is 9.78 Å². The Bertz CT molecular complexity index is 537. The lowest BCUT2D eigenvalue weighted by atomic mass is 10.2. The summed E-state index contributed by atoms with van der Waals surface area (Å²) in [4.78, 5) is 0. The molecule has 0 amide bonds. The van der Waals surface area contributed by atoms with Gasteiger partial charge >= 0.3 is 0 Å². The van der Waals surface area contributed by atoms with Gasteiger partial charge in [0.15, 0.2) is 0 Å². The van der Waals surface area contributed by atoms with Crippen LogP contribution in [0.1, 0.15) is 11.1 Å². The van der Waals surface area contributed by atoms with Crippen LogP contribution >= 0.6 is 15.9 Å². The monoisotopic (exact) mass is 261 g/mol. The van der Waals surface area contributed by atoms with Crippen molar-refractivity contribution in [1.29, 1.82) is 5.26 Å². The first-order chi connectivity index (χ1) is 7.20. The summed E-state index contributed by atoms with van der Waals surface area (Å²) in [6, 6.07) is 7.98. The van der Waals surface area contributed by atoms with E-state index in [0.717, 1.165) is 15.7 Å². The number of aryl methyl sites for hydroxylation is 1. The van der Waals surface area contributed by atoms with Gasteiger partial charge in [-0.05, 0) is 30.7 Å². The average molecular weight is 262 g/mol. The second-order valence-electron chi connectivity index (χ2n) is 3.22. The van der Waals surface area contributed by atoms with Crippen LogP contribution in [0.25, 0.3) is 5.69 Å². The van der Waals surface area contributed by atoms with E-state index in [-0.39, 0.29) is 0 Å². The number of aromatic nitrogens is 2. The van der Waals surface area contributed by atoms with Crippen molar-refractivity contribution in [3.63, 3.8) is 0 Å². The second-order valence-corrected chi connectivity index (χ2v) is 4.07. The van der Waals surface area contributed by atoms with Crippen LogP contribution in [0.2, 0.25) is 0 Å². The third-order valence-corrected chi connectivity index (χ3v) is 3.01. The highest BCUT2D eigenvalue weighted by atomic mass is 79.9. The van der Waals surface area contributed by atoms with Crippen molar-refractivity contribution in [2.75, 3.05) is 0 Å². The highest BCUT2D eigenvalue weighted by Gasteiger charge is 2.01. The van der Waals surface area contributed by atoms with Crippen LogP contribution in [0, 0.1) is 18.3 Å². The normalized spacial score (nSPS) is 9.93. The minimum Gasteiger partial charge on any atom is -0.240 e. The maximum atomic E-state index is 8.69.